The van der Waals surface area contributed by atoms with Gasteiger partial charge < -0.3 is 10.2 Å². The number of para-hydroxylation sites is 1. The molecule has 4 rings (SSSR count). The first-order valence-corrected chi connectivity index (χ1v) is 9.31. The van der Waals surface area contributed by atoms with E-state index in [0.29, 0.717) is 6.42 Å². The fourth-order valence-electron chi connectivity index (χ4n) is 4.17. The van der Waals surface area contributed by atoms with Crippen molar-refractivity contribution in [2.45, 2.75) is 43.6 Å². The van der Waals surface area contributed by atoms with Crippen LogP contribution in [0.25, 0.3) is 0 Å². The average Bonchev–Trinajstić information content (AvgIpc) is 2.82. The predicted molar refractivity (Wildman–Crippen MR) is 102 cm³/mol. The maximum absolute atomic E-state index is 13.3. The van der Waals surface area contributed by atoms with Crippen molar-refractivity contribution >= 4 is 17.5 Å². The van der Waals surface area contributed by atoms with Crippen LogP contribution < -0.4 is 10.2 Å². The Morgan fingerprint density at radius 3 is 2.50 bits per heavy atom. The van der Waals surface area contributed by atoms with Crippen LogP contribution >= 0.6 is 0 Å². The summed E-state index contributed by atoms with van der Waals surface area (Å²) in [5, 5.41) is 3.11. The van der Waals surface area contributed by atoms with Gasteiger partial charge in [-0.25, -0.2) is 0 Å². The zero-order valence-electron chi connectivity index (χ0n) is 15.1. The molecular formula is C22H24N2O2. The molecule has 4 heteroatoms. The van der Waals surface area contributed by atoms with E-state index in [-0.39, 0.29) is 24.3 Å². The highest BCUT2D eigenvalue weighted by molar-refractivity contribution is 6.09. The number of fused-ring (bicyclic) bond motifs is 1. The number of anilines is 1. The van der Waals surface area contributed by atoms with E-state index in [1.165, 1.54) is 6.42 Å². The molecule has 1 fully saturated rings. The molecule has 4 nitrogen and oxygen atoms in total. The summed E-state index contributed by atoms with van der Waals surface area (Å²) >= 11 is 0. The van der Waals surface area contributed by atoms with Crippen molar-refractivity contribution in [3.63, 3.8) is 0 Å². The van der Waals surface area contributed by atoms with Gasteiger partial charge in [0.1, 0.15) is 0 Å². The Hall–Kier alpha value is -2.62. The molecule has 0 radical (unpaired) electrons. The maximum Gasteiger partial charge on any atom is 0.238 e. The van der Waals surface area contributed by atoms with E-state index in [4.69, 9.17) is 0 Å². The highest BCUT2D eigenvalue weighted by Gasteiger charge is 2.50. The molecule has 2 amide bonds. The van der Waals surface area contributed by atoms with Crippen molar-refractivity contribution < 1.29 is 9.59 Å². The van der Waals surface area contributed by atoms with Crippen LogP contribution in [0.5, 0.6) is 0 Å². The molecule has 1 aliphatic carbocycles. The molecule has 0 aromatic heterocycles. The first kappa shape index (κ1) is 16.8. The second kappa shape index (κ2) is 6.60. The van der Waals surface area contributed by atoms with Crippen LogP contribution in [0.2, 0.25) is 0 Å². The Labute approximate surface area is 154 Å². The van der Waals surface area contributed by atoms with E-state index in [1.54, 1.807) is 11.9 Å². The molecule has 1 aliphatic heterocycles. The number of nitrogens with zero attached hydrogens (tertiary/aromatic N) is 1. The van der Waals surface area contributed by atoms with Gasteiger partial charge in [-0.3, -0.25) is 9.59 Å². The molecule has 26 heavy (non-hydrogen) atoms. The third-order valence-corrected chi connectivity index (χ3v) is 5.78. The smallest absolute Gasteiger partial charge is 0.238 e. The van der Waals surface area contributed by atoms with Crippen molar-refractivity contribution in [1.82, 2.24) is 5.32 Å². The zero-order valence-corrected chi connectivity index (χ0v) is 15.1. The molecule has 1 N–H and O–H groups in total. The van der Waals surface area contributed by atoms with Gasteiger partial charge >= 0.3 is 0 Å². The number of carbonyl (C=O) groups is 2. The molecule has 0 saturated heterocycles. The lowest BCUT2D eigenvalue weighted by Gasteiger charge is -2.31. The molecule has 0 unspecified atom stereocenters. The quantitative estimate of drug-likeness (QED) is 0.902. The Kier molecular flexibility index (Phi) is 4.27. The van der Waals surface area contributed by atoms with E-state index in [0.717, 1.165) is 29.7 Å². The molecule has 2 aromatic rings. The van der Waals surface area contributed by atoms with E-state index >= 15 is 0 Å². The highest BCUT2D eigenvalue weighted by Crippen LogP contribution is 2.45. The number of hydrogen-bond donors (Lipinski definition) is 1. The van der Waals surface area contributed by atoms with Crippen molar-refractivity contribution in [3.05, 3.63) is 65.7 Å². The number of benzene rings is 2. The molecule has 1 atom stereocenters. The SMILES string of the molecule is CN1C(=O)[C@](CC(=O)NC2CCC2)(Cc2ccccc2)c2ccccc21. The number of amides is 2. The van der Waals surface area contributed by atoms with Gasteiger partial charge in [-0.1, -0.05) is 48.5 Å². The number of likely N-dealkylation sites (N-methyl/N-ethyl adjacent to an activating group) is 1. The Morgan fingerprint density at radius 2 is 1.81 bits per heavy atom. The number of rotatable bonds is 5. The molecule has 0 spiro atoms. The lowest BCUT2D eigenvalue weighted by atomic mass is 9.73. The van der Waals surface area contributed by atoms with Crippen LogP contribution in [0.3, 0.4) is 0 Å². The number of nitrogens with one attached hydrogen (secondary N) is 1. The summed E-state index contributed by atoms with van der Waals surface area (Å²) in [4.78, 5) is 27.8. The predicted octanol–water partition coefficient (Wildman–Crippen LogP) is 3.20. The average molecular weight is 348 g/mol. The topological polar surface area (TPSA) is 49.4 Å². The van der Waals surface area contributed by atoms with Gasteiger partial charge in [-0.05, 0) is 42.9 Å². The van der Waals surface area contributed by atoms with Gasteiger partial charge in [0, 0.05) is 25.2 Å². The molecule has 1 heterocycles. The fraction of sp³-hybridized carbons (Fsp3) is 0.364. The van der Waals surface area contributed by atoms with Crippen molar-refractivity contribution in [2.75, 3.05) is 11.9 Å². The number of carbonyl (C=O) groups excluding carboxylic acids is 2. The first-order valence-electron chi connectivity index (χ1n) is 9.31. The monoisotopic (exact) mass is 348 g/mol. The van der Waals surface area contributed by atoms with Crippen molar-refractivity contribution in [2.24, 2.45) is 0 Å². The summed E-state index contributed by atoms with van der Waals surface area (Å²) in [6.07, 6.45) is 3.99. The Morgan fingerprint density at radius 1 is 1.12 bits per heavy atom. The van der Waals surface area contributed by atoms with Gasteiger partial charge in [0.05, 0.1) is 5.41 Å². The minimum Gasteiger partial charge on any atom is -0.353 e. The highest BCUT2D eigenvalue weighted by atomic mass is 16.2. The minimum atomic E-state index is -0.833. The first-order chi connectivity index (χ1) is 12.6. The molecular weight excluding hydrogens is 324 g/mol. The van der Waals surface area contributed by atoms with E-state index < -0.39 is 5.41 Å². The standard InChI is InChI=1S/C22H24N2O2/c1-24-19-13-6-5-12-18(19)22(21(24)26,14-16-8-3-2-4-9-16)15-20(25)23-17-10-7-11-17/h2-6,8-9,12-13,17H,7,10-11,14-15H2,1H3,(H,23,25)/t22-/m0/s1. The Bertz CT molecular complexity index is 829. The van der Waals surface area contributed by atoms with Crippen molar-refractivity contribution in [3.8, 4) is 0 Å². The van der Waals surface area contributed by atoms with Crippen LogP contribution in [0, 0.1) is 0 Å². The van der Waals surface area contributed by atoms with E-state index in [2.05, 4.69) is 5.32 Å². The molecule has 1 saturated carbocycles. The van der Waals surface area contributed by atoms with Crippen LogP contribution in [0.1, 0.15) is 36.8 Å². The number of hydrogen-bond acceptors (Lipinski definition) is 2. The molecule has 134 valence electrons. The molecule has 2 aromatic carbocycles. The molecule has 2 aliphatic rings. The Balaban J connectivity index is 1.72. The minimum absolute atomic E-state index is 0.00584. The fourth-order valence-corrected chi connectivity index (χ4v) is 4.17. The lowest BCUT2D eigenvalue weighted by molar-refractivity contribution is -0.130. The van der Waals surface area contributed by atoms with Crippen LogP contribution in [0.15, 0.2) is 54.6 Å². The largest absolute Gasteiger partial charge is 0.353 e. The summed E-state index contributed by atoms with van der Waals surface area (Å²) in [7, 11) is 1.80. The van der Waals surface area contributed by atoms with Gasteiger partial charge in [-0.15, -0.1) is 0 Å². The van der Waals surface area contributed by atoms with E-state index in [1.807, 2.05) is 54.6 Å². The van der Waals surface area contributed by atoms with E-state index in [9.17, 15) is 9.59 Å². The zero-order chi connectivity index (χ0) is 18.1. The maximum atomic E-state index is 13.3. The van der Waals surface area contributed by atoms with Crippen LogP contribution in [-0.4, -0.2) is 24.9 Å². The normalized spacial score (nSPS) is 22.0. The van der Waals surface area contributed by atoms with Gasteiger partial charge in [0.25, 0.3) is 0 Å². The summed E-state index contributed by atoms with van der Waals surface area (Å²) in [6, 6.07) is 18.1. The van der Waals surface area contributed by atoms with Crippen molar-refractivity contribution in [1.29, 1.82) is 0 Å². The third-order valence-electron chi connectivity index (χ3n) is 5.78. The second-order valence-electron chi connectivity index (χ2n) is 7.50. The molecule has 0 bridgehead atoms. The third kappa shape index (κ3) is 2.79. The summed E-state index contributed by atoms with van der Waals surface area (Å²) in [5.74, 6) is -0.0182. The second-order valence-corrected chi connectivity index (χ2v) is 7.50. The van der Waals surface area contributed by atoms with Crippen LogP contribution in [0.4, 0.5) is 5.69 Å². The summed E-state index contributed by atoms with van der Waals surface area (Å²) in [5.41, 5.74) is 2.10. The summed E-state index contributed by atoms with van der Waals surface area (Å²) < 4.78 is 0. The lowest BCUT2D eigenvalue weighted by Crippen LogP contribution is -2.47. The van der Waals surface area contributed by atoms with Gasteiger partial charge in [-0.2, -0.15) is 0 Å². The van der Waals surface area contributed by atoms with Crippen LogP contribution in [-0.2, 0) is 21.4 Å². The van der Waals surface area contributed by atoms with Gasteiger partial charge in [0.15, 0.2) is 0 Å². The summed E-state index contributed by atoms with van der Waals surface area (Å²) in [6.45, 7) is 0. The van der Waals surface area contributed by atoms with Gasteiger partial charge in [0.2, 0.25) is 11.8 Å².